The number of carbonyl (C=O) groups is 1. The Labute approximate surface area is 152 Å². The summed E-state index contributed by atoms with van der Waals surface area (Å²) in [6.07, 6.45) is 5.36. The van der Waals surface area contributed by atoms with E-state index in [-0.39, 0.29) is 18.0 Å². The number of hydrogen-bond acceptors (Lipinski definition) is 5. The second-order valence-corrected chi connectivity index (χ2v) is 8.02. The highest BCUT2D eigenvalue weighted by atomic mass is 32.2. The third kappa shape index (κ3) is 4.59. The van der Waals surface area contributed by atoms with Crippen LogP contribution < -0.4 is 5.43 Å². The summed E-state index contributed by atoms with van der Waals surface area (Å²) >= 11 is 0. The fraction of sp³-hybridized carbons (Fsp3) is 0.333. The first-order chi connectivity index (χ1) is 12.6. The lowest BCUT2D eigenvalue weighted by atomic mass is 10.3. The Hall–Kier alpha value is -2.45. The Balaban J connectivity index is 1.77. The zero-order chi connectivity index (χ0) is 18.4. The van der Waals surface area contributed by atoms with Gasteiger partial charge in [0.15, 0.2) is 0 Å². The summed E-state index contributed by atoms with van der Waals surface area (Å²) in [5.74, 6) is -0.0186. The summed E-state index contributed by atoms with van der Waals surface area (Å²) in [6.45, 7) is -0.372. The van der Waals surface area contributed by atoms with E-state index in [2.05, 4.69) is 10.5 Å². The largest absolute Gasteiger partial charge is 0.468 e. The summed E-state index contributed by atoms with van der Waals surface area (Å²) < 4.78 is 32.2. The van der Waals surface area contributed by atoms with Gasteiger partial charge in [-0.3, -0.25) is 4.79 Å². The van der Waals surface area contributed by atoms with Crippen LogP contribution in [0.5, 0.6) is 0 Å². The standard InChI is InChI=1S/C18H21N3O4S/c22-18(20-19-15-7-4-5-8-15)14-21(13-16-9-6-12-25-16)26(23,24)17-10-2-1-3-11-17/h1-3,6,9-12H,4-5,7-8,13-14H2,(H,20,22). The molecule has 2 aromatic rings. The zero-order valence-electron chi connectivity index (χ0n) is 14.3. The normalized spacial score (nSPS) is 14.6. The van der Waals surface area contributed by atoms with Crippen LogP contribution in [-0.2, 0) is 21.4 Å². The second kappa shape index (κ2) is 8.29. The fourth-order valence-electron chi connectivity index (χ4n) is 2.78. The van der Waals surface area contributed by atoms with Crippen molar-refractivity contribution in [3.8, 4) is 0 Å². The minimum Gasteiger partial charge on any atom is -0.468 e. The number of carbonyl (C=O) groups excluding carboxylic acids is 1. The molecule has 3 rings (SSSR count). The highest BCUT2D eigenvalue weighted by molar-refractivity contribution is 7.89. The van der Waals surface area contributed by atoms with E-state index in [0.29, 0.717) is 5.76 Å². The Morgan fingerprint density at radius 3 is 2.50 bits per heavy atom. The van der Waals surface area contributed by atoms with Gasteiger partial charge in [0.05, 0.1) is 24.2 Å². The minimum atomic E-state index is -3.85. The summed E-state index contributed by atoms with van der Waals surface area (Å²) in [5, 5.41) is 4.10. The molecule has 1 aromatic heterocycles. The van der Waals surface area contributed by atoms with Crippen LogP contribution in [0.2, 0.25) is 0 Å². The molecule has 1 aliphatic rings. The molecule has 1 fully saturated rings. The van der Waals surface area contributed by atoms with Gasteiger partial charge in [-0.05, 0) is 49.9 Å². The SMILES string of the molecule is O=C(CN(Cc1ccco1)S(=O)(=O)c1ccccc1)NN=C1CCCC1. The van der Waals surface area contributed by atoms with Crippen LogP contribution >= 0.6 is 0 Å². The van der Waals surface area contributed by atoms with Crippen molar-refractivity contribution < 1.29 is 17.6 Å². The average molecular weight is 375 g/mol. The minimum absolute atomic E-state index is 0.0335. The number of benzene rings is 1. The van der Waals surface area contributed by atoms with Gasteiger partial charge in [0.25, 0.3) is 5.91 Å². The summed E-state index contributed by atoms with van der Waals surface area (Å²) in [4.78, 5) is 12.4. The number of nitrogens with zero attached hydrogens (tertiary/aromatic N) is 2. The Bertz CT molecular complexity index is 853. The maximum atomic E-state index is 12.9. The van der Waals surface area contributed by atoms with Crippen LogP contribution in [0.25, 0.3) is 0 Å². The van der Waals surface area contributed by atoms with Crippen LogP contribution in [0.4, 0.5) is 0 Å². The Kier molecular flexibility index (Phi) is 5.85. The molecule has 0 bridgehead atoms. The van der Waals surface area contributed by atoms with Gasteiger partial charge in [-0.25, -0.2) is 13.8 Å². The van der Waals surface area contributed by atoms with Gasteiger partial charge >= 0.3 is 0 Å². The lowest BCUT2D eigenvalue weighted by Crippen LogP contribution is -2.39. The summed E-state index contributed by atoms with van der Waals surface area (Å²) in [7, 11) is -3.85. The van der Waals surface area contributed by atoms with Crippen molar-refractivity contribution in [2.45, 2.75) is 37.1 Å². The molecule has 0 saturated heterocycles. The molecule has 138 valence electrons. The first-order valence-corrected chi connectivity index (χ1v) is 9.91. The van der Waals surface area contributed by atoms with Crippen molar-refractivity contribution in [1.29, 1.82) is 0 Å². The van der Waals surface area contributed by atoms with Gasteiger partial charge in [0, 0.05) is 5.71 Å². The van der Waals surface area contributed by atoms with Crippen LogP contribution in [0.15, 0.2) is 63.1 Å². The molecule has 1 aliphatic carbocycles. The Morgan fingerprint density at radius 2 is 1.85 bits per heavy atom. The monoisotopic (exact) mass is 375 g/mol. The van der Waals surface area contributed by atoms with E-state index >= 15 is 0 Å². The molecular formula is C18H21N3O4S. The van der Waals surface area contributed by atoms with E-state index in [1.807, 2.05) is 0 Å². The predicted octanol–water partition coefficient (Wildman–Crippen LogP) is 2.52. The first-order valence-electron chi connectivity index (χ1n) is 8.47. The van der Waals surface area contributed by atoms with Gasteiger partial charge in [0.2, 0.25) is 10.0 Å². The van der Waals surface area contributed by atoms with E-state index in [1.54, 1.807) is 30.3 Å². The molecular weight excluding hydrogens is 354 g/mol. The van der Waals surface area contributed by atoms with E-state index in [4.69, 9.17) is 4.42 Å². The average Bonchev–Trinajstić information content (AvgIpc) is 3.34. The zero-order valence-corrected chi connectivity index (χ0v) is 15.1. The molecule has 0 aliphatic heterocycles. The van der Waals surface area contributed by atoms with Crippen molar-refractivity contribution in [2.75, 3.05) is 6.54 Å². The van der Waals surface area contributed by atoms with Crippen LogP contribution in [0.3, 0.4) is 0 Å². The van der Waals surface area contributed by atoms with E-state index in [9.17, 15) is 13.2 Å². The van der Waals surface area contributed by atoms with Crippen molar-refractivity contribution in [3.05, 3.63) is 54.5 Å². The lowest BCUT2D eigenvalue weighted by Gasteiger charge is -2.20. The van der Waals surface area contributed by atoms with Crippen molar-refractivity contribution in [1.82, 2.24) is 9.73 Å². The molecule has 1 saturated carbocycles. The smallest absolute Gasteiger partial charge is 0.255 e. The van der Waals surface area contributed by atoms with Gasteiger partial charge in [-0.1, -0.05) is 18.2 Å². The maximum Gasteiger partial charge on any atom is 0.255 e. The molecule has 1 heterocycles. The molecule has 7 nitrogen and oxygen atoms in total. The molecule has 0 radical (unpaired) electrons. The maximum absolute atomic E-state index is 12.9. The molecule has 0 atom stereocenters. The van der Waals surface area contributed by atoms with Gasteiger partial charge in [0.1, 0.15) is 5.76 Å². The third-order valence-electron chi connectivity index (χ3n) is 4.13. The Morgan fingerprint density at radius 1 is 1.12 bits per heavy atom. The molecule has 1 N–H and O–H groups in total. The van der Waals surface area contributed by atoms with Crippen molar-refractivity contribution >= 4 is 21.6 Å². The van der Waals surface area contributed by atoms with Crippen LogP contribution in [-0.4, -0.2) is 30.9 Å². The highest BCUT2D eigenvalue weighted by Gasteiger charge is 2.27. The molecule has 1 amide bonds. The highest BCUT2D eigenvalue weighted by Crippen LogP contribution is 2.18. The molecule has 1 aromatic carbocycles. The fourth-order valence-corrected chi connectivity index (χ4v) is 4.16. The van der Waals surface area contributed by atoms with Crippen LogP contribution in [0, 0.1) is 0 Å². The summed E-state index contributed by atoms with van der Waals surface area (Å²) in [5.41, 5.74) is 3.42. The number of hydrazone groups is 1. The molecule has 8 heteroatoms. The topological polar surface area (TPSA) is 92.0 Å². The third-order valence-corrected chi connectivity index (χ3v) is 5.94. The number of amides is 1. The van der Waals surface area contributed by atoms with E-state index in [1.165, 1.54) is 18.4 Å². The lowest BCUT2D eigenvalue weighted by molar-refractivity contribution is -0.121. The van der Waals surface area contributed by atoms with Gasteiger partial charge in [-0.15, -0.1) is 0 Å². The number of rotatable bonds is 7. The quantitative estimate of drug-likeness (QED) is 0.753. The number of nitrogens with one attached hydrogen (secondary N) is 1. The first kappa shape index (κ1) is 18.3. The van der Waals surface area contributed by atoms with Crippen LogP contribution in [0.1, 0.15) is 31.4 Å². The molecule has 26 heavy (non-hydrogen) atoms. The van der Waals surface area contributed by atoms with Crippen molar-refractivity contribution in [2.24, 2.45) is 5.10 Å². The molecule has 0 unspecified atom stereocenters. The van der Waals surface area contributed by atoms with Crippen molar-refractivity contribution in [3.63, 3.8) is 0 Å². The van der Waals surface area contributed by atoms with E-state index in [0.717, 1.165) is 35.7 Å². The number of sulfonamides is 1. The van der Waals surface area contributed by atoms with E-state index < -0.39 is 15.9 Å². The molecule has 0 spiro atoms. The predicted molar refractivity (Wildman–Crippen MR) is 96.8 cm³/mol. The summed E-state index contributed by atoms with van der Waals surface area (Å²) in [6, 6.07) is 11.4. The second-order valence-electron chi connectivity index (χ2n) is 6.09. The van der Waals surface area contributed by atoms with Gasteiger partial charge < -0.3 is 4.42 Å². The van der Waals surface area contributed by atoms with Gasteiger partial charge in [-0.2, -0.15) is 9.41 Å². The number of furan rings is 1. The number of hydrogen-bond donors (Lipinski definition) is 1.